The topological polar surface area (TPSA) is 3.24 Å². The largest absolute Gasteiger partial charge is 0.336 e. The van der Waals surface area contributed by atoms with Gasteiger partial charge in [0.1, 0.15) is 0 Å². The Bertz CT molecular complexity index is 1370. The molecule has 0 fully saturated rings. The zero-order valence-corrected chi connectivity index (χ0v) is 21.5. The summed E-state index contributed by atoms with van der Waals surface area (Å²) in [6.07, 6.45) is 0. The first-order valence-corrected chi connectivity index (χ1v) is 12.3. The van der Waals surface area contributed by atoms with Gasteiger partial charge in [-0.25, -0.2) is 0 Å². The van der Waals surface area contributed by atoms with Crippen LogP contribution in [0.1, 0.15) is 56.9 Å². The molecular formula is C33H35N. The lowest BCUT2D eigenvalue weighted by Crippen LogP contribution is -2.38. The van der Waals surface area contributed by atoms with E-state index in [4.69, 9.17) is 0 Å². The number of rotatable bonds is 3. The molecule has 0 bridgehead atoms. The van der Waals surface area contributed by atoms with E-state index >= 15 is 0 Å². The van der Waals surface area contributed by atoms with Crippen LogP contribution in [-0.2, 0) is 5.41 Å². The Kier molecular flexibility index (Phi) is 5.20. The molecule has 1 aliphatic carbocycles. The maximum Gasteiger partial charge on any atom is 0.0451 e. The lowest BCUT2D eigenvalue weighted by atomic mass is 9.82. The third-order valence-corrected chi connectivity index (χ3v) is 7.44. The molecule has 1 aliphatic rings. The summed E-state index contributed by atoms with van der Waals surface area (Å²) in [4.78, 5) is 2.54. The summed E-state index contributed by atoms with van der Waals surface area (Å²) in [5.41, 5.74) is 13.2. The van der Waals surface area contributed by atoms with Crippen LogP contribution < -0.4 is 4.90 Å². The van der Waals surface area contributed by atoms with E-state index < -0.39 is 0 Å². The number of benzene rings is 4. The molecule has 0 aliphatic heterocycles. The van der Waals surface area contributed by atoms with E-state index in [2.05, 4.69) is 138 Å². The summed E-state index contributed by atoms with van der Waals surface area (Å²) < 4.78 is 0. The third kappa shape index (κ3) is 3.46. The standard InChI is InChI=1S/C33H35N/c1-22-20-29-27(26-16-11-12-18-28(26)33(29,6)7)21-31(22)34(32(3,4)5)30-19-13-17-25(23(30)2)24-14-9-8-10-15-24/h8-21H,1-7H3. The Morgan fingerprint density at radius 3 is 1.97 bits per heavy atom. The summed E-state index contributed by atoms with van der Waals surface area (Å²) >= 11 is 0. The van der Waals surface area contributed by atoms with E-state index in [0.717, 1.165) is 0 Å². The molecule has 4 aromatic rings. The zero-order chi connectivity index (χ0) is 24.3. The summed E-state index contributed by atoms with van der Waals surface area (Å²) in [5, 5.41) is 0. The Balaban J connectivity index is 1.73. The van der Waals surface area contributed by atoms with Crippen molar-refractivity contribution in [2.24, 2.45) is 0 Å². The number of nitrogens with zero attached hydrogens (tertiary/aromatic N) is 1. The average Bonchev–Trinajstić information content (AvgIpc) is 3.02. The second-order valence-electron chi connectivity index (χ2n) is 11.2. The van der Waals surface area contributed by atoms with Crippen LogP contribution in [0.2, 0.25) is 0 Å². The molecule has 0 radical (unpaired) electrons. The second kappa shape index (κ2) is 7.87. The molecule has 5 rings (SSSR count). The predicted molar refractivity (Wildman–Crippen MR) is 147 cm³/mol. The minimum absolute atomic E-state index is 0.0188. The van der Waals surface area contributed by atoms with Crippen molar-refractivity contribution in [1.29, 1.82) is 0 Å². The molecule has 0 aromatic heterocycles. The Hall–Kier alpha value is -3.32. The minimum Gasteiger partial charge on any atom is -0.336 e. The van der Waals surface area contributed by atoms with Gasteiger partial charge in [0, 0.05) is 22.3 Å². The molecule has 0 saturated carbocycles. The van der Waals surface area contributed by atoms with Gasteiger partial charge >= 0.3 is 0 Å². The second-order valence-corrected chi connectivity index (χ2v) is 11.2. The van der Waals surface area contributed by atoms with E-state index in [0.29, 0.717) is 0 Å². The fourth-order valence-electron chi connectivity index (χ4n) is 5.73. The monoisotopic (exact) mass is 445 g/mol. The molecule has 1 nitrogen and oxygen atoms in total. The Labute approximate surface area is 205 Å². The van der Waals surface area contributed by atoms with Crippen molar-refractivity contribution >= 4 is 11.4 Å². The lowest BCUT2D eigenvalue weighted by Gasteiger charge is -2.40. The third-order valence-electron chi connectivity index (χ3n) is 7.44. The first-order valence-electron chi connectivity index (χ1n) is 12.3. The van der Waals surface area contributed by atoms with Gasteiger partial charge in [0.15, 0.2) is 0 Å². The van der Waals surface area contributed by atoms with Crippen molar-refractivity contribution in [1.82, 2.24) is 0 Å². The van der Waals surface area contributed by atoms with Crippen LogP contribution in [-0.4, -0.2) is 5.54 Å². The average molecular weight is 446 g/mol. The van der Waals surface area contributed by atoms with Crippen molar-refractivity contribution in [2.75, 3.05) is 4.90 Å². The summed E-state index contributed by atoms with van der Waals surface area (Å²) in [6.45, 7) is 16.2. The quantitative estimate of drug-likeness (QED) is 0.304. The van der Waals surface area contributed by atoms with E-state index in [1.807, 2.05) is 0 Å². The molecule has 0 unspecified atom stereocenters. The highest BCUT2D eigenvalue weighted by Gasteiger charge is 2.37. The molecule has 34 heavy (non-hydrogen) atoms. The van der Waals surface area contributed by atoms with Gasteiger partial charge in [-0.3, -0.25) is 0 Å². The summed E-state index contributed by atoms with van der Waals surface area (Å²) in [5.74, 6) is 0. The maximum absolute atomic E-state index is 2.54. The molecule has 0 amide bonds. The van der Waals surface area contributed by atoms with Crippen LogP contribution in [0.5, 0.6) is 0 Å². The van der Waals surface area contributed by atoms with E-state index in [1.54, 1.807) is 0 Å². The van der Waals surface area contributed by atoms with Gasteiger partial charge in [0.25, 0.3) is 0 Å². The van der Waals surface area contributed by atoms with Gasteiger partial charge in [-0.05, 0) is 91.3 Å². The zero-order valence-electron chi connectivity index (χ0n) is 21.5. The SMILES string of the molecule is Cc1cc2c(cc1N(c1cccc(-c3ccccc3)c1C)C(C)(C)C)-c1ccccc1C2(C)C. The number of anilines is 2. The van der Waals surface area contributed by atoms with Crippen LogP contribution in [0.15, 0.2) is 84.9 Å². The number of aryl methyl sites for hydroxylation is 1. The highest BCUT2D eigenvalue weighted by molar-refractivity contribution is 5.87. The van der Waals surface area contributed by atoms with Gasteiger partial charge in [-0.1, -0.05) is 86.6 Å². The molecule has 0 spiro atoms. The van der Waals surface area contributed by atoms with Gasteiger partial charge in [0.2, 0.25) is 0 Å². The molecule has 172 valence electrons. The first kappa shape index (κ1) is 22.5. The normalized spacial score (nSPS) is 14.0. The number of hydrogen-bond acceptors (Lipinski definition) is 1. The van der Waals surface area contributed by atoms with Crippen LogP contribution >= 0.6 is 0 Å². The summed E-state index contributed by atoms with van der Waals surface area (Å²) in [7, 11) is 0. The van der Waals surface area contributed by atoms with Crippen LogP contribution in [0, 0.1) is 13.8 Å². The van der Waals surface area contributed by atoms with E-state index in [1.165, 1.54) is 55.9 Å². The van der Waals surface area contributed by atoms with Crippen molar-refractivity contribution in [3.63, 3.8) is 0 Å². The molecule has 0 saturated heterocycles. The predicted octanol–water partition coefficient (Wildman–Crippen LogP) is 9.21. The Morgan fingerprint density at radius 2 is 1.26 bits per heavy atom. The Morgan fingerprint density at radius 1 is 0.618 bits per heavy atom. The molecule has 0 heterocycles. The molecular weight excluding hydrogens is 410 g/mol. The maximum atomic E-state index is 2.54. The molecule has 0 N–H and O–H groups in total. The van der Waals surface area contributed by atoms with Crippen molar-refractivity contribution in [3.8, 4) is 22.3 Å². The van der Waals surface area contributed by atoms with Crippen molar-refractivity contribution in [2.45, 2.75) is 59.4 Å². The van der Waals surface area contributed by atoms with E-state index in [-0.39, 0.29) is 11.0 Å². The lowest BCUT2D eigenvalue weighted by molar-refractivity contribution is 0.558. The fraction of sp³-hybridized carbons (Fsp3) is 0.273. The minimum atomic E-state index is -0.0906. The number of hydrogen-bond donors (Lipinski definition) is 0. The first-order chi connectivity index (χ1) is 16.1. The van der Waals surface area contributed by atoms with E-state index in [9.17, 15) is 0 Å². The molecule has 0 atom stereocenters. The van der Waals surface area contributed by atoms with Gasteiger partial charge in [-0.15, -0.1) is 0 Å². The van der Waals surface area contributed by atoms with Gasteiger partial charge in [-0.2, -0.15) is 0 Å². The van der Waals surface area contributed by atoms with Crippen LogP contribution in [0.3, 0.4) is 0 Å². The van der Waals surface area contributed by atoms with Gasteiger partial charge in [0.05, 0.1) is 0 Å². The summed E-state index contributed by atoms with van der Waals surface area (Å²) in [6, 6.07) is 31.2. The molecule has 1 heteroatoms. The molecule has 4 aromatic carbocycles. The van der Waals surface area contributed by atoms with Crippen molar-refractivity contribution < 1.29 is 0 Å². The fourth-order valence-corrected chi connectivity index (χ4v) is 5.73. The van der Waals surface area contributed by atoms with Crippen LogP contribution in [0.25, 0.3) is 22.3 Å². The van der Waals surface area contributed by atoms with Gasteiger partial charge < -0.3 is 4.90 Å². The highest BCUT2D eigenvalue weighted by Crippen LogP contribution is 2.51. The smallest absolute Gasteiger partial charge is 0.0451 e. The highest BCUT2D eigenvalue weighted by atomic mass is 15.2. The number of fused-ring (bicyclic) bond motifs is 3. The van der Waals surface area contributed by atoms with Crippen LogP contribution in [0.4, 0.5) is 11.4 Å². The van der Waals surface area contributed by atoms with Crippen molar-refractivity contribution in [3.05, 3.63) is 107 Å².